The highest BCUT2D eigenvalue weighted by atomic mass is 79.9. The fraction of sp³-hybridized carbons (Fsp3) is 0.143. The average molecular weight is 308 g/mol. The lowest BCUT2D eigenvalue weighted by atomic mass is 10.1. The number of pyridine rings is 1. The molecule has 0 N–H and O–H groups in total. The van der Waals surface area contributed by atoms with Crippen LogP contribution in [-0.2, 0) is 6.42 Å². The van der Waals surface area contributed by atoms with Crippen LogP contribution in [0.15, 0.2) is 41.0 Å². The molecule has 0 saturated carbocycles. The van der Waals surface area contributed by atoms with E-state index in [0.717, 1.165) is 5.56 Å². The number of carbonyl (C=O) groups excluding carboxylic acids is 1. The fourth-order valence-corrected chi connectivity index (χ4v) is 2.19. The van der Waals surface area contributed by atoms with Crippen molar-refractivity contribution in [2.75, 3.05) is 0 Å². The highest BCUT2D eigenvalue weighted by molar-refractivity contribution is 9.10. The van der Waals surface area contributed by atoms with Gasteiger partial charge in [-0.2, -0.15) is 0 Å². The zero-order valence-corrected chi connectivity index (χ0v) is 11.4. The first-order chi connectivity index (χ1) is 8.54. The van der Waals surface area contributed by atoms with E-state index in [-0.39, 0.29) is 18.0 Å². The smallest absolute Gasteiger partial charge is 0.185 e. The summed E-state index contributed by atoms with van der Waals surface area (Å²) in [7, 11) is 0. The van der Waals surface area contributed by atoms with Crippen molar-refractivity contribution in [1.82, 2.24) is 4.98 Å². The molecule has 0 bridgehead atoms. The molecule has 0 aliphatic heterocycles. The van der Waals surface area contributed by atoms with Gasteiger partial charge in [-0.25, -0.2) is 4.39 Å². The molecule has 0 amide bonds. The van der Waals surface area contributed by atoms with E-state index in [9.17, 15) is 9.18 Å². The summed E-state index contributed by atoms with van der Waals surface area (Å²) < 4.78 is 13.8. The van der Waals surface area contributed by atoms with Crippen LogP contribution in [0.1, 0.15) is 21.6 Å². The van der Waals surface area contributed by atoms with Gasteiger partial charge in [0, 0.05) is 17.1 Å². The van der Waals surface area contributed by atoms with Gasteiger partial charge in [-0.3, -0.25) is 9.78 Å². The number of aromatic nitrogens is 1. The standard InChI is InChI=1S/C14H11BrFNO/c1-9-2-3-17-13(4-9)14(18)7-10-5-11(15)8-12(16)6-10/h2-6,8H,7H2,1H3. The Labute approximate surface area is 113 Å². The first kappa shape index (κ1) is 12.9. The monoisotopic (exact) mass is 307 g/mol. The van der Waals surface area contributed by atoms with Crippen molar-refractivity contribution >= 4 is 21.7 Å². The zero-order valence-electron chi connectivity index (χ0n) is 9.78. The van der Waals surface area contributed by atoms with Gasteiger partial charge in [0.1, 0.15) is 11.5 Å². The molecular weight excluding hydrogens is 297 g/mol. The molecule has 1 aromatic heterocycles. The first-order valence-electron chi connectivity index (χ1n) is 5.45. The summed E-state index contributed by atoms with van der Waals surface area (Å²) in [5, 5.41) is 0. The molecule has 4 heteroatoms. The molecule has 0 saturated heterocycles. The Morgan fingerprint density at radius 2 is 2.11 bits per heavy atom. The van der Waals surface area contributed by atoms with Gasteiger partial charge in [-0.1, -0.05) is 15.9 Å². The molecule has 0 unspecified atom stereocenters. The molecule has 1 heterocycles. The third-order valence-corrected chi connectivity index (χ3v) is 2.95. The number of hydrogen-bond acceptors (Lipinski definition) is 2. The van der Waals surface area contributed by atoms with Gasteiger partial charge >= 0.3 is 0 Å². The van der Waals surface area contributed by atoms with E-state index in [1.54, 1.807) is 18.3 Å². The number of rotatable bonds is 3. The van der Waals surface area contributed by atoms with E-state index in [2.05, 4.69) is 20.9 Å². The molecule has 0 radical (unpaired) electrons. The molecule has 2 nitrogen and oxygen atoms in total. The predicted molar refractivity (Wildman–Crippen MR) is 71.1 cm³/mol. The van der Waals surface area contributed by atoms with Gasteiger partial charge in [-0.05, 0) is 48.4 Å². The van der Waals surface area contributed by atoms with Gasteiger partial charge in [0.15, 0.2) is 5.78 Å². The first-order valence-corrected chi connectivity index (χ1v) is 6.25. The summed E-state index contributed by atoms with van der Waals surface area (Å²) in [5.41, 5.74) is 2.03. The second-order valence-corrected chi connectivity index (χ2v) is 5.01. The number of aryl methyl sites for hydroxylation is 1. The van der Waals surface area contributed by atoms with Gasteiger partial charge in [0.05, 0.1) is 0 Å². The van der Waals surface area contributed by atoms with Crippen molar-refractivity contribution in [3.8, 4) is 0 Å². The summed E-state index contributed by atoms with van der Waals surface area (Å²) >= 11 is 3.20. The second kappa shape index (κ2) is 5.40. The topological polar surface area (TPSA) is 30.0 Å². The highest BCUT2D eigenvalue weighted by Gasteiger charge is 2.10. The lowest BCUT2D eigenvalue weighted by molar-refractivity contribution is 0.0988. The van der Waals surface area contributed by atoms with E-state index >= 15 is 0 Å². The summed E-state index contributed by atoms with van der Waals surface area (Å²) in [6.45, 7) is 1.90. The lowest BCUT2D eigenvalue weighted by Crippen LogP contribution is -2.06. The molecule has 0 spiro atoms. The maximum Gasteiger partial charge on any atom is 0.185 e. The summed E-state index contributed by atoms with van der Waals surface area (Å²) in [5.74, 6) is -0.472. The molecular formula is C14H11BrFNO. The van der Waals surface area contributed by atoms with Crippen LogP contribution in [0.25, 0.3) is 0 Å². The SMILES string of the molecule is Cc1ccnc(C(=O)Cc2cc(F)cc(Br)c2)c1. The number of hydrogen-bond donors (Lipinski definition) is 0. The maximum absolute atomic E-state index is 13.2. The molecule has 0 fully saturated rings. The number of carbonyl (C=O) groups is 1. The van der Waals surface area contributed by atoms with E-state index in [0.29, 0.717) is 15.7 Å². The normalized spacial score (nSPS) is 10.4. The van der Waals surface area contributed by atoms with Crippen LogP contribution in [0.2, 0.25) is 0 Å². The molecule has 1 aromatic carbocycles. The Balaban J connectivity index is 2.21. The molecule has 0 aliphatic rings. The van der Waals surface area contributed by atoms with Crippen LogP contribution in [0, 0.1) is 12.7 Å². The third kappa shape index (κ3) is 3.23. The number of Topliss-reactive ketones (excluding diaryl/α,β-unsaturated/α-hetero) is 1. The third-order valence-electron chi connectivity index (χ3n) is 2.49. The van der Waals surface area contributed by atoms with Gasteiger partial charge in [0.2, 0.25) is 0 Å². The summed E-state index contributed by atoms with van der Waals surface area (Å²) in [4.78, 5) is 16.0. The van der Waals surface area contributed by atoms with Crippen molar-refractivity contribution in [2.24, 2.45) is 0 Å². The minimum atomic E-state index is -0.357. The Bertz CT molecular complexity index is 578. The molecule has 18 heavy (non-hydrogen) atoms. The zero-order chi connectivity index (χ0) is 13.1. The second-order valence-electron chi connectivity index (χ2n) is 4.10. The van der Waals surface area contributed by atoms with Crippen LogP contribution in [0.5, 0.6) is 0 Å². The maximum atomic E-state index is 13.2. The molecule has 0 aliphatic carbocycles. The number of nitrogens with zero attached hydrogens (tertiary/aromatic N) is 1. The van der Waals surface area contributed by atoms with Crippen molar-refractivity contribution in [3.05, 3.63) is 63.6 Å². The van der Waals surface area contributed by atoms with Crippen LogP contribution in [-0.4, -0.2) is 10.8 Å². The Morgan fingerprint density at radius 3 is 2.78 bits per heavy atom. The number of ketones is 1. The van der Waals surface area contributed by atoms with Gasteiger partial charge in [0.25, 0.3) is 0 Å². The minimum absolute atomic E-state index is 0.115. The van der Waals surface area contributed by atoms with Crippen molar-refractivity contribution in [2.45, 2.75) is 13.3 Å². The summed E-state index contributed by atoms with van der Waals surface area (Å²) in [6.07, 6.45) is 1.75. The molecule has 92 valence electrons. The Hall–Kier alpha value is -1.55. The van der Waals surface area contributed by atoms with Crippen LogP contribution in [0.4, 0.5) is 4.39 Å². The lowest BCUT2D eigenvalue weighted by Gasteiger charge is -2.03. The quantitative estimate of drug-likeness (QED) is 0.809. The number of benzene rings is 1. The van der Waals surface area contributed by atoms with E-state index in [4.69, 9.17) is 0 Å². The molecule has 2 aromatic rings. The Kier molecular flexibility index (Phi) is 3.87. The number of halogens is 2. The predicted octanol–water partition coefficient (Wildman–Crippen LogP) is 3.72. The van der Waals surface area contributed by atoms with Crippen LogP contribution >= 0.6 is 15.9 Å². The summed E-state index contributed by atoms with van der Waals surface area (Å²) in [6, 6.07) is 8.01. The van der Waals surface area contributed by atoms with E-state index < -0.39 is 0 Å². The molecule has 0 atom stereocenters. The fourth-order valence-electron chi connectivity index (χ4n) is 1.68. The average Bonchev–Trinajstić information content (AvgIpc) is 2.27. The van der Waals surface area contributed by atoms with E-state index in [1.807, 2.05) is 13.0 Å². The van der Waals surface area contributed by atoms with Gasteiger partial charge in [-0.15, -0.1) is 0 Å². The van der Waals surface area contributed by atoms with Crippen LogP contribution in [0.3, 0.4) is 0 Å². The molecule has 2 rings (SSSR count). The Morgan fingerprint density at radius 1 is 1.33 bits per heavy atom. The van der Waals surface area contributed by atoms with Crippen molar-refractivity contribution < 1.29 is 9.18 Å². The van der Waals surface area contributed by atoms with E-state index in [1.165, 1.54) is 12.1 Å². The van der Waals surface area contributed by atoms with Gasteiger partial charge < -0.3 is 0 Å². The van der Waals surface area contributed by atoms with Crippen molar-refractivity contribution in [1.29, 1.82) is 0 Å². The highest BCUT2D eigenvalue weighted by Crippen LogP contribution is 2.16. The minimum Gasteiger partial charge on any atom is -0.292 e. The van der Waals surface area contributed by atoms with Crippen LogP contribution < -0.4 is 0 Å². The largest absolute Gasteiger partial charge is 0.292 e. The van der Waals surface area contributed by atoms with Crippen molar-refractivity contribution in [3.63, 3.8) is 0 Å².